The van der Waals surface area contributed by atoms with E-state index < -0.39 is 9.05 Å². The molecule has 1 amide bonds. The lowest BCUT2D eigenvalue weighted by Crippen LogP contribution is -2.28. The average molecular weight is 415 g/mol. The summed E-state index contributed by atoms with van der Waals surface area (Å²) in [5.74, 6) is 0.0976. The fraction of sp³-hybridized carbons (Fsp3) is 0.462. The van der Waals surface area contributed by atoms with E-state index in [0.29, 0.717) is 12.5 Å². The number of carbonyl (C=O) groups excluding carboxylic acids is 1. The quantitative estimate of drug-likeness (QED) is 0.758. The van der Waals surface area contributed by atoms with Crippen LogP contribution in [0.3, 0.4) is 0 Å². The SMILES string of the molecule is O=C(NCC1CCCC1)c1cc(S(=O)(=O)Cl)c(Br)cc1Cl. The highest BCUT2D eigenvalue weighted by molar-refractivity contribution is 9.10. The van der Waals surface area contributed by atoms with Crippen molar-refractivity contribution in [3.8, 4) is 0 Å². The molecule has 2 rings (SSSR count). The van der Waals surface area contributed by atoms with Crippen LogP contribution < -0.4 is 5.32 Å². The number of benzene rings is 1. The Kier molecular flexibility index (Phi) is 5.57. The summed E-state index contributed by atoms with van der Waals surface area (Å²) in [5, 5.41) is 2.98. The molecule has 21 heavy (non-hydrogen) atoms. The normalized spacial score (nSPS) is 16.1. The number of carbonyl (C=O) groups is 1. The van der Waals surface area contributed by atoms with Gasteiger partial charge in [-0.15, -0.1) is 0 Å². The summed E-state index contributed by atoms with van der Waals surface area (Å²) in [6.45, 7) is 0.578. The molecule has 0 saturated heterocycles. The lowest BCUT2D eigenvalue weighted by molar-refractivity contribution is 0.0947. The van der Waals surface area contributed by atoms with Gasteiger partial charge in [0.15, 0.2) is 0 Å². The van der Waals surface area contributed by atoms with Gasteiger partial charge in [0.2, 0.25) is 0 Å². The Morgan fingerprint density at radius 3 is 2.52 bits per heavy atom. The van der Waals surface area contributed by atoms with E-state index in [0.717, 1.165) is 12.8 Å². The third kappa shape index (κ3) is 4.34. The van der Waals surface area contributed by atoms with Crippen molar-refractivity contribution in [2.45, 2.75) is 30.6 Å². The van der Waals surface area contributed by atoms with Crippen molar-refractivity contribution in [3.63, 3.8) is 0 Å². The summed E-state index contributed by atoms with van der Waals surface area (Å²) < 4.78 is 23.2. The van der Waals surface area contributed by atoms with Crippen molar-refractivity contribution in [1.82, 2.24) is 5.32 Å². The topological polar surface area (TPSA) is 63.2 Å². The molecule has 0 heterocycles. The summed E-state index contributed by atoms with van der Waals surface area (Å²) >= 11 is 9.09. The number of nitrogens with one attached hydrogen (secondary N) is 1. The van der Waals surface area contributed by atoms with Crippen LogP contribution in [-0.2, 0) is 9.05 Å². The summed E-state index contributed by atoms with van der Waals surface area (Å²) in [4.78, 5) is 12.0. The van der Waals surface area contributed by atoms with E-state index in [1.165, 1.54) is 25.0 Å². The lowest BCUT2D eigenvalue weighted by Gasteiger charge is -2.12. The average Bonchev–Trinajstić information content (AvgIpc) is 2.87. The second-order valence-electron chi connectivity index (χ2n) is 5.06. The maximum absolute atomic E-state index is 12.2. The van der Waals surface area contributed by atoms with Crippen LogP contribution in [0, 0.1) is 5.92 Å². The second kappa shape index (κ2) is 6.86. The third-order valence-electron chi connectivity index (χ3n) is 3.55. The van der Waals surface area contributed by atoms with Gasteiger partial charge in [-0.3, -0.25) is 4.79 Å². The van der Waals surface area contributed by atoms with E-state index in [2.05, 4.69) is 21.2 Å². The van der Waals surface area contributed by atoms with Gasteiger partial charge >= 0.3 is 0 Å². The molecule has 8 heteroatoms. The number of amides is 1. The fourth-order valence-electron chi connectivity index (χ4n) is 2.44. The Morgan fingerprint density at radius 2 is 1.95 bits per heavy atom. The van der Waals surface area contributed by atoms with Crippen LogP contribution in [0.5, 0.6) is 0 Å². The van der Waals surface area contributed by atoms with Gasteiger partial charge in [-0.2, -0.15) is 0 Å². The molecule has 1 aromatic rings. The maximum Gasteiger partial charge on any atom is 0.262 e. The van der Waals surface area contributed by atoms with Crippen molar-refractivity contribution >= 4 is 53.2 Å². The molecule has 0 spiro atoms. The number of hydrogen-bond acceptors (Lipinski definition) is 3. The Labute approximate surface area is 141 Å². The predicted octanol–water partition coefficient (Wildman–Crippen LogP) is 3.95. The molecule has 0 aromatic heterocycles. The minimum absolute atomic E-state index is 0.108. The van der Waals surface area contributed by atoms with Gasteiger partial charge < -0.3 is 5.32 Å². The van der Waals surface area contributed by atoms with E-state index in [1.54, 1.807) is 0 Å². The lowest BCUT2D eigenvalue weighted by atomic mass is 10.1. The smallest absolute Gasteiger partial charge is 0.262 e. The highest BCUT2D eigenvalue weighted by Crippen LogP contribution is 2.31. The Morgan fingerprint density at radius 1 is 1.33 bits per heavy atom. The molecule has 0 unspecified atom stereocenters. The first-order valence-corrected chi connectivity index (χ1v) is 9.99. The molecule has 1 saturated carbocycles. The second-order valence-corrected chi connectivity index (χ2v) is 8.86. The van der Waals surface area contributed by atoms with E-state index in [-0.39, 0.29) is 25.9 Å². The first kappa shape index (κ1) is 17.1. The van der Waals surface area contributed by atoms with Crippen LogP contribution in [-0.4, -0.2) is 20.9 Å². The Bertz CT molecular complexity index is 658. The molecule has 0 bridgehead atoms. The standard InChI is InChI=1S/C13H14BrCl2NO3S/c14-10-6-11(15)9(5-12(10)21(16,19)20)13(18)17-7-8-3-1-2-4-8/h5-6,8H,1-4,7H2,(H,17,18). The zero-order chi connectivity index (χ0) is 15.6. The van der Waals surface area contributed by atoms with Crippen molar-refractivity contribution < 1.29 is 13.2 Å². The molecule has 0 atom stereocenters. The Hall–Kier alpha value is -0.300. The highest BCUT2D eigenvalue weighted by atomic mass is 79.9. The highest BCUT2D eigenvalue weighted by Gasteiger charge is 2.22. The monoisotopic (exact) mass is 413 g/mol. The van der Waals surface area contributed by atoms with Crippen LogP contribution >= 0.6 is 38.2 Å². The van der Waals surface area contributed by atoms with Gasteiger partial charge in [-0.05, 0) is 46.8 Å². The molecular formula is C13H14BrCl2NO3S. The van der Waals surface area contributed by atoms with E-state index in [1.807, 2.05) is 0 Å². The van der Waals surface area contributed by atoms with E-state index in [4.69, 9.17) is 22.3 Å². The van der Waals surface area contributed by atoms with Gasteiger partial charge in [0.05, 0.1) is 15.5 Å². The minimum atomic E-state index is -3.95. The zero-order valence-corrected chi connectivity index (χ0v) is 14.9. The molecule has 116 valence electrons. The fourth-order valence-corrected chi connectivity index (χ4v) is 5.01. The molecule has 0 radical (unpaired) electrons. The zero-order valence-electron chi connectivity index (χ0n) is 11.0. The predicted molar refractivity (Wildman–Crippen MR) is 86.5 cm³/mol. The summed E-state index contributed by atoms with van der Waals surface area (Å²) in [7, 11) is 1.39. The summed E-state index contributed by atoms with van der Waals surface area (Å²) in [5.41, 5.74) is 0.108. The maximum atomic E-state index is 12.2. The molecule has 1 aliphatic rings. The van der Waals surface area contributed by atoms with Gasteiger partial charge in [0.25, 0.3) is 15.0 Å². The van der Waals surface area contributed by atoms with Crippen molar-refractivity contribution in [3.05, 3.63) is 27.2 Å². The van der Waals surface area contributed by atoms with Crippen LogP contribution in [0.4, 0.5) is 0 Å². The van der Waals surface area contributed by atoms with E-state index in [9.17, 15) is 13.2 Å². The largest absolute Gasteiger partial charge is 0.352 e. The van der Waals surface area contributed by atoms with Crippen LogP contribution in [0.25, 0.3) is 0 Å². The molecule has 1 fully saturated rings. The van der Waals surface area contributed by atoms with Crippen molar-refractivity contribution in [2.75, 3.05) is 6.54 Å². The number of rotatable bonds is 4. The van der Waals surface area contributed by atoms with Gasteiger partial charge in [0, 0.05) is 21.7 Å². The molecule has 1 N–H and O–H groups in total. The first-order chi connectivity index (χ1) is 9.79. The first-order valence-electron chi connectivity index (χ1n) is 6.51. The van der Waals surface area contributed by atoms with Crippen LogP contribution in [0.1, 0.15) is 36.0 Å². The van der Waals surface area contributed by atoms with Crippen LogP contribution in [0.15, 0.2) is 21.5 Å². The van der Waals surface area contributed by atoms with Crippen molar-refractivity contribution in [2.24, 2.45) is 5.92 Å². The summed E-state index contributed by atoms with van der Waals surface area (Å²) in [6, 6.07) is 2.56. The summed E-state index contributed by atoms with van der Waals surface area (Å²) in [6.07, 6.45) is 4.59. The van der Waals surface area contributed by atoms with Gasteiger partial charge in [-0.1, -0.05) is 24.4 Å². The van der Waals surface area contributed by atoms with Crippen LogP contribution in [0.2, 0.25) is 5.02 Å². The Balaban J connectivity index is 2.20. The molecule has 4 nitrogen and oxygen atoms in total. The number of hydrogen-bond donors (Lipinski definition) is 1. The van der Waals surface area contributed by atoms with Gasteiger partial charge in [0.1, 0.15) is 0 Å². The van der Waals surface area contributed by atoms with Crippen molar-refractivity contribution in [1.29, 1.82) is 0 Å². The molecule has 1 aliphatic carbocycles. The third-order valence-corrected chi connectivity index (χ3v) is 6.15. The van der Waals surface area contributed by atoms with E-state index >= 15 is 0 Å². The molecule has 0 aliphatic heterocycles. The molecule has 1 aromatic carbocycles. The molecular weight excluding hydrogens is 401 g/mol. The number of halogens is 3. The minimum Gasteiger partial charge on any atom is -0.352 e. The van der Waals surface area contributed by atoms with Gasteiger partial charge in [-0.25, -0.2) is 8.42 Å².